The van der Waals surface area contributed by atoms with E-state index in [2.05, 4.69) is 15.6 Å². The summed E-state index contributed by atoms with van der Waals surface area (Å²) < 4.78 is 38.3. The lowest BCUT2D eigenvalue weighted by molar-refractivity contribution is -0.137. The average molecular weight is 291 g/mol. The summed E-state index contributed by atoms with van der Waals surface area (Å²) in [7, 11) is 1.52. The first-order chi connectivity index (χ1) is 9.40. The number of aliphatic hydroxyl groups is 1. The van der Waals surface area contributed by atoms with Crippen LogP contribution >= 0.6 is 0 Å². The molecule has 20 heavy (non-hydrogen) atoms. The van der Waals surface area contributed by atoms with Gasteiger partial charge in [0.05, 0.1) is 5.56 Å². The van der Waals surface area contributed by atoms with E-state index >= 15 is 0 Å². The van der Waals surface area contributed by atoms with Crippen LogP contribution in [0.5, 0.6) is 0 Å². The zero-order valence-corrected chi connectivity index (χ0v) is 11.6. The Morgan fingerprint density at radius 3 is 2.45 bits per heavy atom. The molecule has 1 unspecified atom stereocenters. The van der Waals surface area contributed by atoms with Crippen LogP contribution in [0.4, 0.5) is 24.8 Å². The first-order valence-corrected chi connectivity index (χ1v) is 6.52. The second-order valence-electron chi connectivity index (χ2n) is 4.54. The van der Waals surface area contributed by atoms with Crippen molar-refractivity contribution in [2.75, 3.05) is 30.8 Å². The fourth-order valence-corrected chi connectivity index (χ4v) is 1.79. The fraction of sp³-hybridized carbons (Fsp3) is 0.615. The van der Waals surface area contributed by atoms with Crippen LogP contribution in [0.15, 0.2) is 12.1 Å². The summed E-state index contributed by atoms with van der Waals surface area (Å²) in [6.07, 6.45) is -2.95. The largest absolute Gasteiger partial charge is 0.416 e. The SMILES string of the molecule is CCC(CCO)CNc1cc(C(F)(F)F)cc(NC)n1. The van der Waals surface area contributed by atoms with Crippen molar-refractivity contribution in [3.8, 4) is 0 Å². The van der Waals surface area contributed by atoms with Gasteiger partial charge in [-0.2, -0.15) is 13.2 Å². The van der Waals surface area contributed by atoms with E-state index in [1.54, 1.807) is 0 Å². The number of anilines is 2. The van der Waals surface area contributed by atoms with Crippen LogP contribution < -0.4 is 10.6 Å². The molecular formula is C13H20F3N3O. The van der Waals surface area contributed by atoms with Gasteiger partial charge in [0, 0.05) is 20.2 Å². The number of hydrogen-bond donors (Lipinski definition) is 3. The van der Waals surface area contributed by atoms with Gasteiger partial charge in [-0.25, -0.2) is 4.98 Å². The molecule has 0 bridgehead atoms. The molecular weight excluding hydrogens is 271 g/mol. The number of nitrogens with one attached hydrogen (secondary N) is 2. The van der Waals surface area contributed by atoms with Gasteiger partial charge in [0.25, 0.3) is 0 Å². The molecule has 0 aliphatic carbocycles. The maximum absolute atomic E-state index is 12.8. The van der Waals surface area contributed by atoms with E-state index in [-0.39, 0.29) is 24.2 Å². The minimum absolute atomic E-state index is 0.0674. The molecule has 1 heterocycles. The first kappa shape index (κ1) is 16.6. The molecule has 7 heteroatoms. The Balaban J connectivity index is 2.84. The predicted octanol–water partition coefficient (Wildman–Crippen LogP) is 2.96. The van der Waals surface area contributed by atoms with Crippen LogP contribution in [-0.4, -0.2) is 30.3 Å². The predicted molar refractivity (Wildman–Crippen MR) is 72.8 cm³/mol. The van der Waals surface area contributed by atoms with Gasteiger partial charge in [-0.15, -0.1) is 0 Å². The number of aliphatic hydroxyl groups excluding tert-OH is 1. The standard InChI is InChI=1S/C13H20F3N3O/c1-3-9(4-5-20)8-18-12-7-10(13(14,15)16)6-11(17-2)19-12/h6-7,9,20H,3-5,8H2,1-2H3,(H2,17,18,19). The van der Waals surface area contributed by atoms with Crippen LogP contribution in [0.25, 0.3) is 0 Å². The number of alkyl halides is 3. The third-order valence-corrected chi connectivity index (χ3v) is 3.10. The molecule has 114 valence electrons. The Hall–Kier alpha value is -1.50. The highest BCUT2D eigenvalue weighted by atomic mass is 19.4. The lowest BCUT2D eigenvalue weighted by atomic mass is 10.0. The molecule has 0 aliphatic rings. The van der Waals surface area contributed by atoms with E-state index in [4.69, 9.17) is 5.11 Å². The third kappa shape index (κ3) is 4.88. The zero-order chi connectivity index (χ0) is 15.2. The molecule has 0 spiro atoms. The van der Waals surface area contributed by atoms with E-state index in [1.807, 2.05) is 6.92 Å². The number of hydrogen-bond acceptors (Lipinski definition) is 4. The molecule has 0 aliphatic heterocycles. The fourth-order valence-electron chi connectivity index (χ4n) is 1.79. The maximum Gasteiger partial charge on any atom is 0.416 e. The summed E-state index contributed by atoms with van der Waals surface area (Å²) in [5.41, 5.74) is -0.741. The van der Waals surface area contributed by atoms with Gasteiger partial charge in [-0.05, 0) is 24.5 Å². The summed E-state index contributed by atoms with van der Waals surface area (Å²) in [6, 6.07) is 1.96. The Bertz CT molecular complexity index is 424. The molecule has 0 aromatic carbocycles. The van der Waals surface area contributed by atoms with Gasteiger partial charge in [0.2, 0.25) is 0 Å². The van der Waals surface area contributed by atoms with Crippen molar-refractivity contribution in [1.82, 2.24) is 4.98 Å². The van der Waals surface area contributed by atoms with Crippen molar-refractivity contribution in [2.24, 2.45) is 5.92 Å². The maximum atomic E-state index is 12.8. The summed E-state index contributed by atoms with van der Waals surface area (Å²) >= 11 is 0. The molecule has 0 saturated carbocycles. The second-order valence-corrected chi connectivity index (χ2v) is 4.54. The molecule has 4 nitrogen and oxygen atoms in total. The van der Waals surface area contributed by atoms with E-state index in [1.165, 1.54) is 7.05 Å². The Morgan fingerprint density at radius 1 is 1.30 bits per heavy atom. The number of halogens is 3. The van der Waals surface area contributed by atoms with Gasteiger partial charge in [0.15, 0.2) is 0 Å². The lowest BCUT2D eigenvalue weighted by Gasteiger charge is -2.16. The highest BCUT2D eigenvalue weighted by Gasteiger charge is 2.31. The summed E-state index contributed by atoms with van der Waals surface area (Å²) in [4.78, 5) is 4.05. The number of nitrogens with zero attached hydrogens (tertiary/aromatic N) is 1. The van der Waals surface area contributed by atoms with Crippen molar-refractivity contribution < 1.29 is 18.3 Å². The first-order valence-electron chi connectivity index (χ1n) is 6.52. The normalized spacial score (nSPS) is 13.1. The highest BCUT2D eigenvalue weighted by molar-refractivity contribution is 5.49. The highest BCUT2D eigenvalue weighted by Crippen LogP contribution is 2.32. The van der Waals surface area contributed by atoms with Gasteiger partial charge >= 0.3 is 6.18 Å². The molecule has 1 aromatic heterocycles. The number of aromatic nitrogens is 1. The zero-order valence-electron chi connectivity index (χ0n) is 11.6. The van der Waals surface area contributed by atoms with Crippen LogP contribution in [-0.2, 0) is 6.18 Å². The van der Waals surface area contributed by atoms with Crippen LogP contribution in [0.2, 0.25) is 0 Å². The van der Waals surface area contributed by atoms with Crippen molar-refractivity contribution in [3.05, 3.63) is 17.7 Å². The smallest absolute Gasteiger partial charge is 0.396 e. The van der Waals surface area contributed by atoms with Crippen LogP contribution in [0, 0.1) is 5.92 Å². The Labute approximate surface area is 116 Å². The third-order valence-electron chi connectivity index (χ3n) is 3.10. The van der Waals surface area contributed by atoms with E-state index in [0.29, 0.717) is 13.0 Å². The second kappa shape index (κ2) is 7.33. The lowest BCUT2D eigenvalue weighted by Crippen LogP contribution is -2.17. The van der Waals surface area contributed by atoms with E-state index < -0.39 is 11.7 Å². The molecule has 1 rings (SSSR count). The van der Waals surface area contributed by atoms with Crippen molar-refractivity contribution >= 4 is 11.6 Å². The molecule has 3 N–H and O–H groups in total. The quantitative estimate of drug-likeness (QED) is 0.723. The van der Waals surface area contributed by atoms with Gasteiger partial charge < -0.3 is 15.7 Å². The minimum Gasteiger partial charge on any atom is -0.396 e. The molecule has 0 fully saturated rings. The number of rotatable bonds is 7. The number of pyridine rings is 1. The topological polar surface area (TPSA) is 57.2 Å². The monoisotopic (exact) mass is 291 g/mol. The van der Waals surface area contributed by atoms with Gasteiger partial charge in [0.1, 0.15) is 11.6 Å². The van der Waals surface area contributed by atoms with Gasteiger partial charge in [-0.3, -0.25) is 0 Å². The Morgan fingerprint density at radius 2 is 1.95 bits per heavy atom. The molecule has 0 radical (unpaired) electrons. The molecule has 0 amide bonds. The molecule has 0 saturated heterocycles. The van der Waals surface area contributed by atoms with Gasteiger partial charge in [-0.1, -0.05) is 13.3 Å². The van der Waals surface area contributed by atoms with Crippen molar-refractivity contribution in [2.45, 2.75) is 25.9 Å². The van der Waals surface area contributed by atoms with Crippen molar-refractivity contribution in [1.29, 1.82) is 0 Å². The molecule has 1 atom stereocenters. The summed E-state index contributed by atoms with van der Waals surface area (Å²) in [5, 5.41) is 14.4. The summed E-state index contributed by atoms with van der Waals surface area (Å²) in [5.74, 6) is 0.549. The van der Waals surface area contributed by atoms with Crippen molar-refractivity contribution in [3.63, 3.8) is 0 Å². The minimum atomic E-state index is -4.40. The average Bonchev–Trinajstić information content (AvgIpc) is 2.42. The Kier molecular flexibility index (Phi) is 6.06. The van der Waals surface area contributed by atoms with E-state index in [0.717, 1.165) is 18.6 Å². The molecule has 1 aromatic rings. The van der Waals surface area contributed by atoms with E-state index in [9.17, 15) is 13.2 Å². The van der Waals surface area contributed by atoms with Crippen LogP contribution in [0.1, 0.15) is 25.3 Å². The van der Waals surface area contributed by atoms with Crippen LogP contribution in [0.3, 0.4) is 0 Å². The summed E-state index contributed by atoms with van der Waals surface area (Å²) in [6.45, 7) is 2.52.